The quantitative estimate of drug-likeness (QED) is 0.801. The van der Waals surface area contributed by atoms with Gasteiger partial charge in [-0.1, -0.05) is 48.5 Å². The molecule has 94 valence electrons. The molecule has 0 fully saturated rings. The highest BCUT2D eigenvalue weighted by Gasteiger charge is 2.17. The van der Waals surface area contributed by atoms with E-state index in [9.17, 15) is 8.42 Å². The van der Waals surface area contributed by atoms with Crippen molar-refractivity contribution in [1.82, 2.24) is 0 Å². The van der Waals surface area contributed by atoms with Gasteiger partial charge in [0.15, 0.2) is 0 Å². The van der Waals surface area contributed by atoms with Crippen LogP contribution in [0.3, 0.4) is 0 Å². The van der Waals surface area contributed by atoms with Gasteiger partial charge in [0.2, 0.25) is 8.87 Å². The molecule has 2 rings (SSSR count). The second kappa shape index (κ2) is 5.59. The van der Waals surface area contributed by atoms with Gasteiger partial charge in [0.1, 0.15) is 0 Å². The van der Waals surface area contributed by atoms with Gasteiger partial charge in [0.05, 0.1) is 4.90 Å². The van der Waals surface area contributed by atoms with Gasteiger partial charge in [-0.2, -0.15) is 0 Å². The number of hydrogen-bond acceptors (Lipinski definition) is 3. The minimum atomic E-state index is -3.27. The smallest absolute Gasteiger partial charge is 0.212 e. The molecule has 0 spiro atoms. The van der Waals surface area contributed by atoms with E-state index >= 15 is 0 Å². The Morgan fingerprint density at radius 2 is 1.56 bits per heavy atom. The van der Waals surface area contributed by atoms with Crippen LogP contribution in [0.2, 0.25) is 0 Å². The Labute approximate surface area is 111 Å². The third kappa shape index (κ3) is 3.15. The van der Waals surface area contributed by atoms with Gasteiger partial charge in [-0.15, -0.1) is 0 Å². The number of rotatable bonds is 4. The predicted molar refractivity (Wildman–Crippen MR) is 76.1 cm³/mol. The molecule has 0 unspecified atom stereocenters. The average molecular weight is 278 g/mol. The molecule has 18 heavy (non-hydrogen) atoms. The SMILES string of the molecule is Cc1ccccc1S(=O)(=O)SCc1ccccc1. The molecule has 0 aliphatic rings. The maximum atomic E-state index is 12.2. The first kappa shape index (κ1) is 13.2. The second-order valence-electron chi connectivity index (χ2n) is 3.97. The fourth-order valence-electron chi connectivity index (χ4n) is 1.62. The normalized spacial score (nSPS) is 11.4. The van der Waals surface area contributed by atoms with Gasteiger partial charge in [-0.25, -0.2) is 8.42 Å². The molecule has 4 heteroatoms. The van der Waals surface area contributed by atoms with E-state index in [1.165, 1.54) is 0 Å². The Balaban J connectivity index is 2.16. The fourth-order valence-corrected chi connectivity index (χ4v) is 4.75. The monoisotopic (exact) mass is 278 g/mol. The Bertz CT molecular complexity index is 619. The van der Waals surface area contributed by atoms with E-state index in [1.54, 1.807) is 12.1 Å². The summed E-state index contributed by atoms with van der Waals surface area (Å²) in [7, 11) is -2.30. The van der Waals surface area contributed by atoms with Crippen molar-refractivity contribution in [2.24, 2.45) is 0 Å². The van der Waals surface area contributed by atoms with E-state index in [-0.39, 0.29) is 0 Å². The van der Waals surface area contributed by atoms with E-state index < -0.39 is 8.87 Å². The standard InChI is InChI=1S/C14H14O2S2/c1-12-7-5-6-10-14(12)18(15,16)17-11-13-8-3-2-4-9-13/h2-10H,11H2,1H3. The largest absolute Gasteiger partial charge is 0.230 e. The number of benzene rings is 2. The molecule has 0 bridgehead atoms. The topological polar surface area (TPSA) is 34.1 Å². The van der Waals surface area contributed by atoms with Crippen molar-refractivity contribution in [3.05, 3.63) is 65.7 Å². The maximum Gasteiger partial charge on any atom is 0.230 e. The summed E-state index contributed by atoms with van der Waals surface area (Å²) in [6, 6.07) is 16.7. The van der Waals surface area contributed by atoms with Gasteiger partial charge in [-0.3, -0.25) is 0 Å². The Kier molecular flexibility index (Phi) is 4.09. The summed E-state index contributed by atoms with van der Waals surface area (Å²) < 4.78 is 24.4. The van der Waals surface area contributed by atoms with Crippen LogP contribution in [0.15, 0.2) is 59.5 Å². The van der Waals surface area contributed by atoms with E-state index in [0.717, 1.165) is 21.9 Å². The summed E-state index contributed by atoms with van der Waals surface area (Å²) in [5.41, 5.74) is 1.80. The molecule has 0 amide bonds. The zero-order valence-electron chi connectivity index (χ0n) is 10.0. The van der Waals surface area contributed by atoms with Gasteiger partial charge < -0.3 is 0 Å². The number of hydrogen-bond donors (Lipinski definition) is 0. The summed E-state index contributed by atoms with van der Waals surface area (Å²) in [5.74, 6) is 0.470. The lowest BCUT2D eigenvalue weighted by Gasteiger charge is -2.06. The Morgan fingerprint density at radius 3 is 2.22 bits per heavy atom. The lowest BCUT2D eigenvalue weighted by Crippen LogP contribution is -1.98. The van der Waals surface area contributed by atoms with Gasteiger partial charge in [0, 0.05) is 5.75 Å². The van der Waals surface area contributed by atoms with Crippen LogP contribution in [0.1, 0.15) is 11.1 Å². The highest BCUT2D eigenvalue weighted by atomic mass is 33.1. The first-order chi connectivity index (χ1) is 8.59. The van der Waals surface area contributed by atoms with E-state index in [4.69, 9.17) is 0 Å². The summed E-state index contributed by atoms with van der Waals surface area (Å²) in [6.07, 6.45) is 0. The van der Waals surface area contributed by atoms with Crippen molar-refractivity contribution in [1.29, 1.82) is 0 Å². The predicted octanol–water partition coefficient (Wildman–Crippen LogP) is 3.62. The van der Waals surface area contributed by atoms with Crippen molar-refractivity contribution in [2.75, 3.05) is 0 Å². The van der Waals surface area contributed by atoms with Crippen LogP contribution in [0.25, 0.3) is 0 Å². The fraction of sp³-hybridized carbons (Fsp3) is 0.143. The van der Waals surface area contributed by atoms with Crippen LogP contribution in [0.5, 0.6) is 0 Å². The Hall–Kier alpha value is -1.26. The second-order valence-corrected chi connectivity index (χ2v) is 7.86. The van der Waals surface area contributed by atoms with E-state index in [1.807, 2.05) is 49.4 Å². The molecule has 0 saturated heterocycles. The summed E-state index contributed by atoms with van der Waals surface area (Å²) >= 11 is 0. The molecule has 0 aromatic heterocycles. The third-order valence-electron chi connectivity index (χ3n) is 2.59. The molecule has 2 aromatic carbocycles. The zero-order valence-corrected chi connectivity index (χ0v) is 11.7. The maximum absolute atomic E-state index is 12.2. The minimum Gasteiger partial charge on any atom is -0.212 e. The van der Waals surface area contributed by atoms with Crippen molar-refractivity contribution < 1.29 is 8.42 Å². The molecule has 2 aromatic rings. The lowest BCUT2D eigenvalue weighted by atomic mass is 10.2. The molecule has 0 N–H and O–H groups in total. The highest BCUT2D eigenvalue weighted by Crippen LogP contribution is 2.28. The molecule has 0 aliphatic carbocycles. The molecular formula is C14H14O2S2. The molecule has 0 heterocycles. The van der Waals surface area contributed by atoms with Crippen molar-refractivity contribution in [2.45, 2.75) is 17.6 Å². The van der Waals surface area contributed by atoms with Crippen LogP contribution in [-0.4, -0.2) is 8.42 Å². The summed E-state index contributed by atoms with van der Waals surface area (Å²) in [6.45, 7) is 1.82. The van der Waals surface area contributed by atoms with E-state index in [0.29, 0.717) is 10.6 Å². The van der Waals surface area contributed by atoms with Crippen LogP contribution >= 0.6 is 10.8 Å². The first-order valence-electron chi connectivity index (χ1n) is 5.58. The molecule has 0 atom stereocenters. The zero-order chi connectivity index (χ0) is 13.0. The van der Waals surface area contributed by atoms with Crippen LogP contribution in [-0.2, 0) is 14.6 Å². The summed E-state index contributed by atoms with van der Waals surface area (Å²) in [4.78, 5) is 0.408. The Morgan fingerprint density at radius 1 is 0.944 bits per heavy atom. The van der Waals surface area contributed by atoms with Crippen molar-refractivity contribution in [3.63, 3.8) is 0 Å². The minimum absolute atomic E-state index is 0.408. The molecular weight excluding hydrogens is 264 g/mol. The first-order valence-corrected chi connectivity index (χ1v) is 8.57. The van der Waals surface area contributed by atoms with Crippen molar-refractivity contribution >= 4 is 19.7 Å². The molecule has 2 nitrogen and oxygen atoms in total. The highest BCUT2D eigenvalue weighted by molar-refractivity contribution is 8.71. The average Bonchev–Trinajstić information content (AvgIpc) is 2.38. The summed E-state index contributed by atoms with van der Waals surface area (Å²) in [5, 5.41) is 0. The third-order valence-corrected chi connectivity index (χ3v) is 6.17. The molecule has 0 saturated carbocycles. The lowest BCUT2D eigenvalue weighted by molar-refractivity contribution is 0.610. The van der Waals surface area contributed by atoms with Gasteiger partial charge in [-0.05, 0) is 34.9 Å². The number of aryl methyl sites for hydroxylation is 1. The van der Waals surface area contributed by atoms with Gasteiger partial charge in [0.25, 0.3) is 0 Å². The molecule has 0 radical (unpaired) electrons. The molecule has 0 aliphatic heterocycles. The van der Waals surface area contributed by atoms with E-state index in [2.05, 4.69) is 0 Å². The van der Waals surface area contributed by atoms with Crippen molar-refractivity contribution in [3.8, 4) is 0 Å². The van der Waals surface area contributed by atoms with Crippen LogP contribution < -0.4 is 0 Å². The van der Waals surface area contributed by atoms with Gasteiger partial charge >= 0.3 is 0 Å². The van der Waals surface area contributed by atoms with Crippen LogP contribution in [0, 0.1) is 6.92 Å². The van der Waals surface area contributed by atoms with Crippen LogP contribution in [0.4, 0.5) is 0 Å².